The van der Waals surface area contributed by atoms with Crippen LogP contribution in [0.1, 0.15) is 33.6 Å². The molecule has 20 heavy (non-hydrogen) atoms. The van der Waals surface area contributed by atoms with Crippen LogP contribution >= 0.6 is 0 Å². The Kier molecular flexibility index (Phi) is 3.94. The Morgan fingerprint density at radius 3 is 2.45 bits per heavy atom. The Labute approximate surface area is 118 Å². The maximum atomic E-state index is 12.2. The van der Waals surface area contributed by atoms with Crippen LogP contribution in [0.3, 0.4) is 0 Å². The first-order valence-electron chi connectivity index (χ1n) is 6.98. The lowest BCUT2D eigenvalue weighted by Gasteiger charge is -2.33. The zero-order chi connectivity index (χ0) is 15.1. The van der Waals surface area contributed by atoms with Crippen LogP contribution in [0.4, 0.5) is 4.79 Å². The molecule has 1 aliphatic heterocycles. The molecule has 112 valence electrons. The van der Waals surface area contributed by atoms with Gasteiger partial charge in [0.15, 0.2) is 0 Å². The molecule has 1 saturated heterocycles. The van der Waals surface area contributed by atoms with Crippen LogP contribution in [-0.2, 0) is 4.74 Å². The van der Waals surface area contributed by atoms with Crippen molar-refractivity contribution in [2.45, 2.75) is 57.5 Å². The number of rotatable bonds is 0. The molecule has 1 saturated carbocycles. The number of aliphatic hydroxyl groups is 2. The van der Waals surface area contributed by atoms with E-state index in [1.54, 1.807) is 20.8 Å². The Morgan fingerprint density at radius 1 is 1.30 bits per heavy atom. The van der Waals surface area contributed by atoms with E-state index >= 15 is 0 Å². The van der Waals surface area contributed by atoms with Gasteiger partial charge in [0.25, 0.3) is 0 Å². The third-order valence-electron chi connectivity index (χ3n) is 4.04. The van der Waals surface area contributed by atoms with E-state index in [1.165, 1.54) is 4.90 Å². The molecule has 0 spiro atoms. The fourth-order valence-corrected chi connectivity index (χ4v) is 3.14. The molecule has 2 aliphatic rings. The van der Waals surface area contributed by atoms with Crippen LogP contribution in [-0.4, -0.2) is 51.6 Å². The van der Waals surface area contributed by atoms with Gasteiger partial charge in [0.2, 0.25) is 0 Å². The number of carbonyl (C=O) groups excluding carboxylic acids is 1. The van der Waals surface area contributed by atoms with Gasteiger partial charge in [-0.3, -0.25) is 4.90 Å². The van der Waals surface area contributed by atoms with Gasteiger partial charge in [-0.25, -0.2) is 4.79 Å². The molecular formula is C14H22N2O4. The standard InChI is InChI=1S/C14H22N2O4/c1-14(2,3)20-13(19)16-7-8-4-11(17)12(18)5-9(8)10(16)6-15/h8-12,17-18H,4-5,7H2,1-3H3. The second kappa shape index (κ2) is 5.23. The lowest BCUT2D eigenvalue weighted by Crippen LogP contribution is -2.42. The number of hydrogen-bond acceptors (Lipinski definition) is 5. The lowest BCUT2D eigenvalue weighted by molar-refractivity contribution is -0.0395. The van der Waals surface area contributed by atoms with Crippen LogP contribution in [0.2, 0.25) is 0 Å². The van der Waals surface area contributed by atoms with Crippen molar-refractivity contribution in [1.29, 1.82) is 5.26 Å². The topological polar surface area (TPSA) is 93.8 Å². The van der Waals surface area contributed by atoms with Crippen molar-refractivity contribution in [3.63, 3.8) is 0 Å². The molecule has 5 atom stereocenters. The highest BCUT2D eigenvalue weighted by Crippen LogP contribution is 2.41. The number of nitrogens with zero attached hydrogens (tertiary/aromatic N) is 2. The van der Waals surface area contributed by atoms with Crippen molar-refractivity contribution in [3.8, 4) is 6.07 Å². The number of carbonyl (C=O) groups is 1. The number of amides is 1. The molecule has 2 fully saturated rings. The smallest absolute Gasteiger partial charge is 0.411 e. The zero-order valence-electron chi connectivity index (χ0n) is 12.1. The largest absolute Gasteiger partial charge is 0.444 e. The van der Waals surface area contributed by atoms with Crippen LogP contribution in [0.15, 0.2) is 0 Å². The second-order valence-corrected chi connectivity index (χ2v) is 6.74. The summed E-state index contributed by atoms with van der Waals surface area (Å²) in [5.74, 6) is -0.0449. The van der Waals surface area contributed by atoms with Crippen molar-refractivity contribution >= 4 is 6.09 Å². The van der Waals surface area contributed by atoms with E-state index in [0.29, 0.717) is 19.4 Å². The van der Waals surface area contributed by atoms with Gasteiger partial charge in [-0.05, 0) is 39.5 Å². The van der Waals surface area contributed by atoms with Gasteiger partial charge < -0.3 is 14.9 Å². The van der Waals surface area contributed by atoms with Gasteiger partial charge in [-0.2, -0.15) is 5.26 Å². The number of hydrogen-bond donors (Lipinski definition) is 2. The lowest BCUT2D eigenvalue weighted by atomic mass is 9.76. The van der Waals surface area contributed by atoms with E-state index in [2.05, 4.69) is 6.07 Å². The maximum Gasteiger partial charge on any atom is 0.411 e. The van der Waals surface area contributed by atoms with E-state index in [1.807, 2.05) is 0 Å². The van der Waals surface area contributed by atoms with Gasteiger partial charge in [0.1, 0.15) is 11.6 Å². The summed E-state index contributed by atoms with van der Waals surface area (Å²) in [5, 5.41) is 28.8. The molecule has 5 unspecified atom stereocenters. The van der Waals surface area contributed by atoms with E-state index in [-0.39, 0.29) is 11.8 Å². The molecule has 6 nitrogen and oxygen atoms in total. The first kappa shape index (κ1) is 15.1. The molecule has 1 amide bonds. The molecule has 2 rings (SSSR count). The summed E-state index contributed by atoms with van der Waals surface area (Å²) < 4.78 is 5.32. The molecule has 0 bridgehead atoms. The van der Waals surface area contributed by atoms with Gasteiger partial charge in [0.05, 0.1) is 18.3 Å². The summed E-state index contributed by atoms with van der Waals surface area (Å²) in [6.45, 7) is 5.75. The third-order valence-corrected chi connectivity index (χ3v) is 4.04. The third kappa shape index (κ3) is 2.89. The Balaban J connectivity index is 2.13. The molecule has 0 radical (unpaired) electrons. The average molecular weight is 282 g/mol. The first-order chi connectivity index (χ1) is 9.23. The van der Waals surface area contributed by atoms with Crippen LogP contribution in [0.25, 0.3) is 0 Å². The maximum absolute atomic E-state index is 12.2. The number of nitriles is 1. The summed E-state index contributed by atoms with van der Waals surface area (Å²) in [7, 11) is 0. The van der Waals surface area contributed by atoms with Crippen LogP contribution in [0, 0.1) is 23.2 Å². The van der Waals surface area contributed by atoms with E-state index in [9.17, 15) is 20.3 Å². The molecule has 1 heterocycles. The summed E-state index contributed by atoms with van der Waals surface area (Å²) in [4.78, 5) is 13.6. The van der Waals surface area contributed by atoms with Gasteiger partial charge in [-0.15, -0.1) is 0 Å². The van der Waals surface area contributed by atoms with Gasteiger partial charge in [0, 0.05) is 12.5 Å². The SMILES string of the molecule is CC(C)(C)OC(=O)N1CC2CC(O)C(O)CC2C1C#N. The highest BCUT2D eigenvalue weighted by molar-refractivity contribution is 5.69. The van der Waals surface area contributed by atoms with Crippen LogP contribution < -0.4 is 0 Å². The van der Waals surface area contributed by atoms with Crippen molar-refractivity contribution < 1.29 is 19.7 Å². The summed E-state index contributed by atoms with van der Waals surface area (Å²) >= 11 is 0. The normalized spacial score (nSPS) is 37.2. The van der Waals surface area contributed by atoms with Crippen molar-refractivity contribution in [3.05, 3.63) is 0 Å². The van der Waals surface area contributed by atoms with Crippen molar-refractivity contribution in [1.82, 2.24) is 4.90 Å². The fourth-order valence-electron chi connectivity index (χ4n) is 3.14. The fraction of sp³-hybridized carbons (Fsp3) is 0.857. The average Bonchev–Trinajstić information content (AvgIpc) is 2.65. The molecule has 0 aromatic heterocycles. The molecule has 6 heteroatoms. The minimum Gasteiger partial charge on any atom is -0.444 e. The minimum absolute atomic E-state index is 0.0468. The monoisotopic (exact) mass is 282 g/mol. The molecule has 1 aliphatic carbocycles. The predicted octanol–water partition coefficient (Wildman–Crippen LogP) is 0.877. The molecule has 0 aromatic rings. The van der Waals surface area contributed by atoms with Crippen molar-refractivity contribution in [2.24, 2.45) is 11.8 Å². The minimum atomic E-state index is -0.814. The zero-order valence-corrected chi connectivity index (χ0v) is 12.1. The highest BCUT2D eigenvalue weighted by Gasteiger charge is 2.49. The van der Waals surface area contributed by atoms with Gasteiger partial charge >= 0.3 is 6.09 Å². The summed E-state index contributed by atoms with van der Waals surface area (Å²) in [6, 6.07) is 1.56. The highest BCUT2D eigenvalue weighted by atomic mass is 16.6. The second-order valence-electron chi connectivity index (χ2n) is 6.74. The van der Waals surface area contributed by atoms with Crippen molar-refractivity contribution in [2.75, 3.05) is 6.54 Å². The Morgan fingerprint density at radius 2 is 1.90 bits per heavy atom. The Hall–Kier alpha value is -1.32. The Bertz CT molecular complexity index is 426. The number of fused-ring (bicyclic) bond motifs is 1. The summed E-state index contributed by atoms with van der Waals surface area (Å²) in [6.07, 6.45) is -1.31. The van der Waals surface area contributed by atoms with E-state index < -0.39 is 29.9 Å². The van der Waals surface area contributed by atoms with Crippen LogP contribution in [0.5, 0.6) is 0 Å². The molecule has 2 N–H and O–H groups in total. The van der Waals surface area contributed by atoms with E-state index in [0.717, 1.165) is 0 Å². The summed E-state index contributed by atoms with van der Waals surface area (Å²) in [5.41, 5.74) is -0.607. The number of ether oxygens (including phenoxy) is 1. The predicted molar refractivity (Wildman–Crippen MR) is 70.6 cm³/mol. The number of aliphatic hydroxyl groups excluding tert-OH is 2. The quantitative estimate of drug-likeness (QED) is 0.688. The number of likely N-dealkylation sites (tertiary alicyclic amines) is 1. The molecule has 0 aromatic carbocycles. The molecular weight excluding hydrogens is 260 g/mol. The van der Waals surface area contributed by atoms with E-state index in [4.69, 9.17) is 4.74 Å². The van der Waals surface area contributed by atoms with Gasteiger partial charge in [-0.1, -0.05) is 0 Å². The first-order valence-corrected chi connectivity index (χ1v) is 6.98.